The lowest BCUT2D eigenvalue weighted by Crippen LogP contribution is -2.66. The Labute approximate surface area is 226 Å². The van der Waals surface area contributed by atoms with Crippen LogP contribution in [0.2, 0.25) is 0 Å². The van der Waals surface area contributed by atoms with E-state index in [-0.39, 0.29) is 51.9 Å². The van der Waals surface area contributed by atoms with Gasteiger partial charge in [-0.15, -0.1) is 0 Å². The Morgan fingerprint density at radius 3 is 2.12 bits per heavy atom. The second kappa shape index (κ2) is 8.03. The molecule has 40 heavy (non-hydrogen) atoms. The average molecular weight is 542 g/mol. The van der Waals surface area contributed by atoms with Crippen molar-refractivity contribution in [2.75, 3.05) is 0 Å². The van der Waals surface area contributed by atoms with Crippen LogP contribution in [0.15, 0.2) is 83.8 Å². The van der Waals surface area contributed by atoms with Crippen LogP contribution in [0.5, 0.6) is 28.7 Å². The highest BCUT2D eigenvalue weighted by Crippen LogP contribution is 2.63. The van der Waals surface area contributed by atoms with E-state index in [0.29, 0.717) is 12.0 Å². The predicted molar refractivity (Wildman–Crippen MR) is 136 cm³/mol. The molecule has 0 saturated carbocycles. The van der Waals surface area contributed by atoms with E-state index in [1.165, 1.54) is 36.4 Å². The summed E-state index contributed by atoms with van der Waals surface area (Å²) >= 11 is 0. The van der Waals surface area contributed by atoms with Crippen LogP contribution < -0.4 is 4.74 Å². The highest BCUT2D eigenvalue weighted by Gasteiger charge is 2.78. The summed E-state index contributed by atoms with van der Waals surface area (Å²) in [6.45, 7) is 0. The van der Waals surface area contributed by atoms with Gasteiger partial charge in [-0.25, -0.2) is 0 Å². The number of aromatic hydroxyl groups is 4. The molecule has 3 aromatic rings. The van der Waals surface area contributed by atoms with Gasteiger partial charge >= 0.3 is 0 Å². The molecule has 3 aromatic carbocycles. The van der Waals surface area contributed by atoms with E-state index < -0.39 is 46.5 Å². The van der Waals surface area contributed by atoms with Crippen LogP contribution in [-0.2, 0) is 14.3 Å². The summed E-state index contributed by atoms with van der Waals surface area (Å²) in [6.07, 6.45) is -0.293. The van der Waals surface area contributed by atoms with Crippen molar-refractivity contribution in [2.45, 2.75) is 36.3 Å². The normalized spacial score (nSPS) is 28.3. The van der Waals surface area contributed by atoms with Gasteiger partial charge in [0.1, 0.15) is 40.4 Å². The first-order chi connectivity index (χ1) is 19.1. The molecule has 0 bridgehead atoms. The SMILES string of the molecule is O=C1C=C2OC(c3ccc(O)cc3)C3(O)C(=O)c4c(O)cc(O)cc4OC23C2=C1CCC(c1ccc(O)cc1)O2. The molecule has 1 saturated heterocycles. The summed E-state index contributed by atoms with van der Waals surface area (Å²) in [4.78, 5) is 27.6. The van der Waals surface area contributed by atoms with Gasteiger partial charge in [0.05, 0.1) is 0 Å². The molecular weight excluding hydrogens is 520 g/mol. The van der Waals surface area contributed by atoms with Crippen LogP contribution in [0.3, 0.4) is 0 Å². The summed E-state index contributed by atoms with van der Waals surface area (Å²) < 4.78 is 18.9. The maximum Gasteiger partial charge on any atom is 0.262 e. The minimum absolute atomic E-state index is 0.0581. The predicted octanol–water partition coefficient (Wildman–Crippen LogP) is 3.60. The van der Waals surface area contributed by atoms with Crippen molar-refractivity contribution in [3.05, 3.63) is 101 Å². The van der Waals surface area contributed by atoms with Crippen molar-refractivity contribution < 1.29 is 49.3 Å². The molecule has 10 heteroatoms. The number of rotatable bonds is 2. The average Bonchev–Trinajstić information content (AvgIpc) is 3.19. The van der Waals surface area contributed by atoms with E-state index >= 15 is 0 Å². The molecule has 4 atom stereocenters. The van der Waals surface area contributed by atoms with Crippen molar-refractivity contribution in [3.8, 4) is 28.7 Å². The zero-order chi connectivity index (χ0) is 28.0. The molecule has 0 aromatic heterocycles. The number of benzene rings is 3. The number of hydrogen-bond donors (Lipinski definition) is 5. The Kier molecular flexibility index (Phi) is 4.84. The number of phenolic OH excluding ortho intramolecular Hbond substituents is 4. The lowest BCUT2D eigenvalue weighted by atomic mass is 9.67. The van der Waals surface area contributed by atoms with Crippen molar-refractivity contribution in [1.82, 2.24) is 0 Å². The van der Waals surface area contributed by atoms with Gasteiger partial charge in [-0.2, -0.15) is 0 Å². The molecule has 5 N–H and O–H groups in total. The fourth-order valence-electron chi connectivity index (χ4n) is 6.07. The minimum atomic E-state index is -2.59. The number of fused-ring (bicyclic) bond motifs is 1. The van der Waals surface area contributed by atoms with Crippen LogP contribution >= 0.6 is 0 Å². The Bertz CT molecular complexity index is 1670. The molecular formula is C30H22O10. The number of ether oxygens (including phenoxy) is 3. The lowest BCUT2D eigenvalue weighted by Gasteiger charge is -2.48. The van der Waals surface area contributed by atoms with E-state index in [2.05, 4.69) is 0 Å². The molecule has 3 heterocycles. The van der Waals surface area contributed by atoms with Crippen LogP contribution in [0, 0.1) is 0 Å². The third kappa shape index (κ3) is 3.02. The Balaban J connectivity index is 1.47. The van der Waals surface area contributed by atoms with E-state index in [1.807, 2.05) is 0 Å². The van der Waals surface area contributed by atoms with Gasteiger partial charge in [0.25, 0.3) is 5.60 Å². The monoisotopic (exact) mass is 542 g/mol. The number of Topliss-reactive ketones (excluding diaryl/α,β-unsaturated/α-hetero) is 1. The van der Waals surface area contributed by atoms with Gasteiger partial charge in [0, 0.05) is 23.8 Å². The van der Waals surface area contributed by atoms with Crippen molar-refractivity contribution >= 4 is 11.6 Å². The zero-order valence-electron chi connectivity index (χ0n) is 20.7. The highest BCUT2D eigenvalue weighted by molar-refractivity contribution is 6.13. The summed E-state index contributed by atoms with van der Waals surface area (Å²) in [7, 11) is 0. The molecule has 202 valence electrons. The van der Waals surface area contributed by atoms with Crippen LogP contribution in [0.1, 0.15) is 46.5 Å². The number of phenols is 4. The van der Waals surface area contributed by atoms with E-state index in [9.17, 15) is 35.1 Å². The minimum Gasteiger partial charge on any atom is -0.508 e. The summed E-state index contributed by atoms with van der Waals surface area (Å²) in [5, 5.41) is 53.0. The van der Waals surface area contributed by atoms with E-state index in [4.69, 9.17) is 14.2 Å². The number of carbonyl (C=O) groups excluding carboxylic acids is 2. The topological polar surface area (TPSA) is 163 Å². The standard InChI is InChI=1S/C30H22O10/c31-16-5-1-14(2-6-16)22-10-9-19-20(34)13-24-30(28(19)38-22)29(37,27(39-24)15-3-7-17(32)8-4-15)26(36)25-21(35)11-18(33)12-23(25)40-30/h1-8,11-13,22,27,31-33,35,37H,9-10H2. The maximum atomic E-state index is 14.3. The van der Waals surface area contributed by atoms with Crippen LogP contribution in [0.25, 0.3) is 0 Å². The number of ketones is 2. The van der Waals surface area contributed by atoms with Gasteiger partial charge < -0.3 is 39.7 Å². The fraction of sp³-hybridized carbons (Fsp3) is 0.200. The van der Waals surface area contributed by atoms with Crippen LogP contribution in [-0.4, -0.2) is 48.3 Å². The number of carbonyl (C=O) groups is 2. The first kappa shape index (κ1) is 24.1. The Hall–Kier alpha value is -4.96. The van der Waals surface area contributed by atoms with Gasteiger partial charge in [-0.05, 0) is 48.2 Å². The lowest BCUT2D eigenvalue weighted by molar-refractivity contribution is -0.121. The number of aliphatic hydroxyl groups is 1. The third-order valence-electron chi connectivity index (χ3n) is 7.94. The molecule has 10 nitrogen and oxygen atoms in total. The van der Waals surface area contributed by atoms with Gasteiger partial charge in [0.15, 0.2) is 23.4 Å². The largest absolute Gasteiger partial charge is 0.508 e. The molecule has 7 rings (SSSR count). The number of allylic oxidation sites excluding steroid dienone is 2. The van der Waals surface area contributed by atoms with Gasteiger partial charge in [-0.3, -0.25) is 9.59 Å². The highest BCUT2D eigenvalue weighted by atomic mass is 16.6. The van der Waals surface area contributed by atoms with E-state index in [0.717, 1.165) is 18.2 Å². The summed E-state index contributed by atoms with van der Waals surface area (Å²) in [5.41, 5.74) is -3.99. The summed E-state index contributed by atoms with van der Waals surface area (Å²) in [6, 6.07) is 14.0. The smallest absolute Gasteiger partial charge is 0.262 e. The summed E-state index contributed by atoms with van der Waals surface area (Å²) in [5.74, 6) is -2.92. The van der Waals surface area contributed by atoms with Gasteiger partial charge in [0.2, 0.25) is 11.4 Å². The molecule has 1 aliphatic carbocycles. The van der Waals surface area contributed by atoms with Crippen LogP contribution in [0.4, 0.5) is 0 Å². The first-order valence-electron chi connectivity index (χ1n) is 12.6. The fourth-order valence-corrected chi connectivity index (χ4v) is 6.07. The Morgan fingerprint density at radius 2 is 1.45 bits per heavy atom. The molecule has 4 unspecified atom stereocenters. The molecule has 1 spiro atoms. The third-order valence-corrected chi connectivity index (χ3v) is 7.94. The second-order valence-corrected chi connectivity index (χ2v) is 10.2. The molecule has 4 aliphatic rings. The van der Waals surface area contributed by atoms with Gasteiger partial charge in [-0.1, -0.05) is 24.3 Å². The molecule has 1 fully saturated rings. The zero-order valence-corrected chi connectivity index (χ0v) is 20.7. The number of hydrogen-bond acceptors (Lipinski definition) is 10. The molecule has 3 aliphatic heterocycles. The van der Waals surface area contributed by atoms with Crippen molar-refractivity contribution in [3.63, 3.8) is 0 Å². The molecule has 0 radical (unpaired) electrons. The van der Waals surface area contributed by atoms with Crippen molar-refractivity contribution in [1.29, 1.82) is 0 Å². The first-order valence-corrected chi connectivity index (χ1v) is 12.6. The Morgan fingerprint density at radius 1 is 0.800 bits per heavy atom. The second-order valence-electron chi connectivity index (χ2n) is 10.2. The van der Waals surface area contributed by atoms with Crippen molar-refractivity contribution in [2.24, 2.45) is 0 Å². The quantitative estimate of drug-likeness (QED) is 0.323. The maximum absolute atomic E-state index is 14.3. The molecule has 0 amide bonds. The van der Waals surface area contributed by atoms with E-state index in [1.54, 1.807) is 12.1 Å².